The normalized spacial score (nSPS) is 23.2. The van der Waals surface area contributed by atoms with Crippen molar-refractivity contribution in [3.05, 3.63) is 24.3 Å². The van der Waals surface area contributed by atoms with Gasteiger partial charge in [-0.3, -0.25) is 4.79 Å². The highest BCUT2D eigenvalue weighted by Crippen LogP contribution is 2.30. The van der Waals surface area contributed by atoms with Crippen LogP contribution in [-0.4, -0.2) is 140 Å². The summed E-state index contributed by atoms with van der Waals surface area (Å²) in [6, 6.07) is -0.928. The van der Waals surface area contributed by atoms with Gasteiger partial charge < -0.3 is 65.1 Å². The van der Waals surface area contributed by atoms with E-state index in [4.69, 9.17) is 18.9 Å². The van der Waals surface area contributed by atoms with Crippen molar-refractivity contribution in [1.82, 2.24) is 5.32 Å². The molecule has 0 aromatic heterocycles. The first-order chi connectivity index (χ1) is 43.1. The first-order valence-electron chi connectivity index (χ1n) is 37.6. The van der Waals surface area contributed by atoms with Crippen LogP contribution in [0.15, 0.2) is 24.3 Å². The third-order valence-electron chi connectivity index (χ3n) is 18.6. The third-order valence-corrected chi connectivity index (χ3v) is 18.6. The molecule has 0 bridgehead atoms. The Bertz CT molecular complexity index is 1570. The van der Waals surface area contributed by atoms with Gasteiger partial charge in [-0.1, -0.05) is 334 Å². The van der Waals surface area contributed by atoms with Crippen LogP contribution in [0.2, 0.25) is 0 Å². The lowest BCUT2D eigenvalue weighted by molar-refractivity contribution is -0.359. The molecule has 0 radical (unpaired) electrons. The molecule has 88 heavy (non-hydrogen) atoms. The minimum Gasteiger partial charge on any atom is -0.394 e. The van der Waals surface area contributed by atoms with Crippen molar-refractivity contribution in [2.24, 2.45) is 0 Å². The maximum atomic E-state index is 13.3. The molecule has 2 aliphatic heterocycles. The number of hydrogen-bond donors (Lipinski definition) is 9. The summed E-state index contributed by atoms with van der Waals surface area (Å²) in [5.41, 5.74) is 0. The fraction of sp³-hybridized carbons (Fsp3) is 0.932. The van der Waals surface area contributed by atoms with E-state index in [1.165, 1.54) is 283 Å². The van der Waals surface area contributed by atoms with Crippen molar-refractivity contribution in [1.29, 1.82) is 0 Å². The molecule has 9 N–H and O–H groups in total. The number of rotatable bonds is 63. The number of amides is 1. The molecule has 2 heterocycles. The van der Waals surface area contributed by atoms with Crippen LogP contribution in [0.3, 0.4) is 0 Å². The Morgan fingerprint density at radius 3 is 1.11 bits per heavy atom. The molecule has 14 heteroatoms. The highest BCUT2D eigenvalue weighted by atomic mass is 16.7. The molecule has 12 unspecified atom stereocenters. The van der Waals surface area contributed by atoms with Crippen LogP contribution >= 0.6 is 0 Å². The number of ether oxygens (including phenoxy) is 4. The lowest BCUT2D eigenvalue weighted by Crippen LogP contribution is -2.65. The van der Waals surface area contributed by atoms with Crippen molar-refractivity contribution in [2.45, 2.75) is 421 Å². The van der Waals surface area contributed by atoms with Gasteiger partial charge >= 0.3 is 0 Å². The Labute approximate surface area is 539 Å². The van der Waals surface area contributed by atoms with Crippen molar-refractivity contribution in [3.63, 3.8) is 0 Å². The van der Waals surface area contributed by atoms with Crippen LogP contribution in [0.25, 0.3) is 0 Å². The van der Waals surface area contributed by atoms with Crippen LogP contribution in [0.1, 0.15) is 348 Å². The van der Waals surface area contributed by atoms with Crippen molar-refractivity contribution in [3.8, 4) is 0 Å². The number of allylic oxidation sites excluding steroid dienone is 3. The fourth-order valence-electron chi connectivity index (χ4n) is 12.7. The first kappa shape index (κ1) is 82.6. The van der Waals surface area contributed by atoms with Crippen LogP contribution < -0.4 is 5.32 Å². The first-order valence-corrected chi connectivity index (χ1v) is 37.6. The van der Waals surface area contributed by atoms with Crippen molar-refractivity contribution in [2.75, 3.05) is 19.8 Å². The minimum atomic E-state index is -1.79. The van der Waals surface area contributed by atoms with E-state index in [9.17, 15) is 45.6 Å². The number of nitrogens with one attached hydrogen (secondary N) is 1. The second-order valence-corrected chi connectivity index (χ2v) is 26.8. The highest BCUT2D eigenvalue weighted by Gasteiger charge is 2.51. The van der Waals surface area contributed by atoms with Crippen LogP contribution in [-0.2, 0) is 23.7 Å². The third kappa shape index (κ3) is 42.6. The summed E-state index contributed by atoms with van der Waals surface area (Å²) in [7, 11) is 0. The maximum Gasteiger partial charge on any atom is 0.220 e. The Morgan fingerprint density at radius 1 is 0.398 bits per heavy atom. The molecule has 0 aromatic carbocycles. The zero-order valence-electron chi connectivity index (χ0n) is 56.7. The van der Waals surface area contributed by atoms with Gasteiger partial charge in [-0.25, -0.2) is 0 Å². The molecule has 2 fully saturated rings. The van der Waals surface area contributed by atoms with E-state index in [-0.39, 0.29) is 18.9 Å². The van der Waals surface area contributed by atoms with E-state index in [1.807, 2.05) is 6.08 Å². The van der Waals surface area contributed by atoms with Crippen LogP contribution in [0, 0.1) is 0 Å². The smallest absolute Gasteiger partial charge is 0.220 e. The molecular weight excluding hydrogens is 1110 g/mol. The van der Waals surface area contributed by atoms with Crippen molar-refractivity contribution >= 4 is 5.91 Å². The van der Waals surface area contributed by atoms with Gasteiger partial charge in [-0.2, -0.15) is 0 Å². The van der Waals surface area contributed by atoms with E-state index in [0.29, 0.717) is 12.8 Å². The summed E-state index contributed by atoms with van der Waals surface area (Å²) in [5.74, 6) is -0.243. The largest absolute Gasteiger partial charge is 0.394 e. The quantitative estimate of drug-likeness (QED) is 0.0204. The molecule has 0 aromatic rings. The Balaban J connectivity index is 1.51. The van der Waals surface area contributed by atoms with Gasteiger partial charge in [0.15, 0.2) is 12.6 Å². The van der Waals surface area contributed by atoms with Gasteiger partial charge in [0.1, 0.15) is 48.8 Å². The van der Waals surface area contributed by atoms with E-state index in [1.54, 1.807) is 6.08 Å². The Morgan fingerprint density at radius 2 is 0.727 bits per heavy atom. The Kier molecular flexibility index (Phi) is 55.6. The second-order valence-electron chi connectivity index (χ2n) is 26.8. The minimum absolute atomic E-state index is 0.243. The van der Waals surface area contributed by atoms with E-state index >= 15 is 0 Å². The molecule has 14 nitrogen and oxygen atoms in total. The summed E-state index contributed by atoms with van der Waals surface area (Å²) < 4.78 is 22.8. The Hall–Kier alpha value is -1.53. The molecular formula is C74H141NO13. The summed E-state index contributed by atoms with van der Waals surface area (Å²) in [6.45, 7) is 2.81. The lowest BCUT2D eigenvalue weighted by atomic mass is 9.97. The van der Waals surface area contributed by atoms with E-state index in [2.05, 4.69) is 31.3 Å². The number of aliphatic hydroxyl groups excluding tert-OH is 8. The van der Waals surface area contributed by atoms with E-state index < -0.39 is 86.8 Å². The average Bonchev–Trinajstić information content (AvgIpc) is 2.28. The number of unbranched alkanes of at least 4 members (excludes halogenated alkanes) is 48. The predicted molar refractivity (Wildman–Crippen MR) is 360 cm³/mol. The number of carbonyl (C=O) groups is 1. The fourth-order valence-corrected chi connectivity index (χ4v) is 12.7. The summed E-state index contributed by atoms with van der Waals surface area (Å²) in [4.78, 5) is 13.3. The zero-order valence-corrected chi connectivity index (χ0v) is 56.7. The SMILES string of the molecule is CCCCCCCCC/C=C/CC/C=C/C(O)C(COC1OC(CO)C(OC2OC(CO)C(O)C(O)C2O)C(O)C1O)NC(=O)CCCCCCCCCCCCCCCCCCCCCCCCCCCCCCCCCCCCCCCCCCC. The van der Waals surface area contributed by atoms with Gasteiger partial charge in [0.25, 0.3) is 0 Å². The molecule has 2 saturated heterocycles. The molecule has 0 spiro atoms. The highest BCUT2D eigenvalue weighted by molar-refractivity contribution is 5.76. The molecule has 2 aliphatic rings. The number of hydrogen-bond acceptors (Lipinski definition) is 13. The van der Waals surface area contributed by atoms with Gasteiger partial charge in [-0.15, -0.1) is 0 Å². The zero-order chi connectivity index (χ0) is 63.8. The summed E-state index contributed by atoms with van der Waals surface area (Å²) in [5, 5.41) is 87.2. The molecule has 520 valence electrons. The molecule has 0 saturated carbocycles. The van der Waals surface area contributed by atoms with E-state index in [0.717, 1.165) is 32.1 Å². The van der Waals surface area contributed by atoms with Gasteiger partial charge in [0, 0.05) is 6.42 Å². The topological polar surface area (TPSA) is 228 Å². The van der Waals surface area contributed by atoms with Gasteiger partial charge in [0.05, 0.1) is 32.0 Å². The lowest BCUT2D eigenvalue weighted by Gasteiger charge is -2.46. The molecule has 2 rings (SSSR count). The van der Waals surface area contributed by atoms with Crippen LogP contribution in [0.5, 0.6) is 0 Å². The van der Waals surface area contributed by atoms with Gasteiger partial charge in [0.2, 0.25) is 5.91 Å². The summed E-state index contributed by atoms with van der Waals surface area (Å²) >= 11 is 0. The van der Waals surface area contributed by atoms with Crippen molar-refractivity contribution < 1.29 is 64.6 Å². The van der Waals surface area contributed by atoms with Gasteiger partial charge in [-0.05, 0) is 32.1 Å². The molecule has 1 amide bonds. The van der Waals surface area contributed by atoms with Crippen LogP contribution in [0.4, 0.5) is 0 Å². The number of aliphatic hydroxyl groups is 8. The maximum absolute atomic E-state index is 13.3. The monoisotopic (exact) mass is 1250 g/mol. The number of carbonyl (C=O) groups excluding carboxylic acids is 1. The molecule has 12 atom stereocenters. The summed E-state index contributed by atoms with van der Waals surface area (Å²) in [6.07, 6.45) is 58.7. The average molecular weight is 1250 g/mol. The predicted octanol–water partition coefficient (Wildman–Crippen LogP) is 15.9. The standard InChI is InChI=1S/C74H141NO13/c1-3-5-7-9-11-13-15-17-18-19-20-21-22-23-24-25-26-27-28-29-30-31-32-33-34-35-36-37-38-39-40-41-42-43-44-46-48-50-52-54-56-58-66(79)75-62(63(78)57-55-53-51-49-47-45-16-14-12-10-8-6-4-2)61-85-73-71(84)69(82)72(65(60-77)87-73)88-74-70(83)68(81)67(80)64(59-76)86-74/h47,49,55,57,62-65,67-74,76-78,80-84H,3-46,48,50-54,56,58-61H2,1-2H3,(H,75,79)/b49-47+,57-55+. The molecule has 0 aliphatic carbocycles. The second kappa shape index (κ2) is 59.2.